The van der Waals surface area contributed by atoms with E-state index in [1.54, 1.807) is 17.8 Å². The monoisotopic (exact) mass is 385 g/mol. The average Bonchev–Trinajstić information content (AvgIpc) is 2.70. The smallest absolute Gasteiger partial charge is 0.328 e. The van der Waals surface area contributed by atoms with Gasteiger partial charge in [-0.1, -0.05) is 30.3 Å². The number of carbonyl (C=O) groups is 2. The van der Waals surface area contributed by atoms with Crippen molar-refractivity contribution in [1.82, 2.24) is 5.32 Å². The molecule has 0 unspecified atom stereocenters. The first-order chi connectivity index (χ1) is 13.1. The number of hydrogen-bond donors (Lipinski definition) is 1. The lowest BCUT2D eigenvalue weighted by atomic mass is 10.2. The van der Waals surface area contributed by atoms with Crippen LogP contribution in [0.4, 0.5) is 0 Å². The van der Waals surface area contributed by atoms with Crippen LogP contribution in [-0.2, 0) is 14.3 Å². The Labute approximate surface area is 163 Å². The maximum absolute atomic E-state index is 12.1. The van der Waals surface area contributed by atoms with Crippen molar-refractivity contribution in [3.63, 3.8) is 0 Å². The Bertz CT molecular complexity index is 777. The molecule has 0 heterocycles. The van der Waals surface area contributed by atoms with Crippen LogP contribution in [0.15, 0.2) is 60.7 Å². The van der Waals surface area contributed by atoms with Gasteiger partial charge in [0.1, 0.15) is 17.5 Å². The van der Waals surface area contributed by atoms with Crippen molar-refractivity contribution in [2.75, 3.05) is 19.1 Å². The summed E-state index contributed by atoms with van der Waals surface area (Å²) in [5.41, 5.74) is 0.817. The third-order valence-electron chi connectivity index (χ3n) is 3.68. The summed E-state index contributed by atoms with van der Waals surface area (Å²) < 4.78 is 10.5. The molecule has 0 spiro atoms. The topological polar surface area (TPSA) is 64.6 Å². The minimum absolute atomic E-state index is 0.346. The standard InChI is InChI=1S/C21H23NO4S/c1-25-21(24)19(13-14-27-2)22-20(23)12-11-16-7-6-10-18(15-16)26-17-8-4-3-5-9-17/h3-12,15,19H,13-14H2,1-2H3,(H,22,23)/b12-11+/t19-/m0/s1. The third-order valence-corrected chi connectivity index (χ3v) is 4.32. The van der Waals surface area contributed by atoms with Crippen molar-refractivity contribution >= 4 is 29.7 Å². The minimum atomic E-state index is -0.646. The van der Waals surface area contributed by atoms with Gasteiger partial charge in [0.15, 0.2) is 0 Å². The fourth-order valence-corrected chi connectivity index (χ4v) is 2.80. The van der Waals surface area contributed by atoms with Crippen LogP contribution in [-0.4, -0.2) is 37.0 Å². The molecule has 0 saturated heterocycles. The molecule has 2 rings (SSSR count). The molecule has 2 aromatic carbocycles. The van der Waals surface area contributed by atoms with Crippen LogP contribution < -0.4 is 10.1 Å². The molecule has 0 aromatic heterocycles. The predicted molar refractivity (Wildman–Crippen MR) is 109 cm³/mol. The number of benzene rings is 2. The van der Waals surface area contributed by atoms with E-state index in [9.17, 15) is 9.59 Å². The van der Waals surface area contributed by atoms with Gasteiger partial charge in [-0.15, -0.1) is 0 Å². The Kier molecular flexibility index (Phi) is 8.45. The van der Waals surface area contributed by atoms with Crippen LogP contribution in [0.2, 0.25) is 0 Å². The van der Waals surface area contributed by atoms with E-state index in [4.69, 9.17) is 9.47 Å². The Balaban J connectivity index is 1.98. The van der Waals surface area contributed by atoms with Gasteiger partial charge in [0.25, 0.3) is 0 Å². The first-order valence-corrected chi connectivity index (χ1v) is 9.90. The molecule has 1 amide bonds. The molecule has 0 aliphatic carbocycles. The quantitative estimate of drug-likeness (QED) is 0.524. The second kappa shape index (κ2) is 11.1. The van der Waals surface area contributed by atoms with Crippen molar-refractivity contribution in [2.24, 2.45) is 0 Å². The lowest BCUT2D eigenvalue weighted by Gasteiger charge is -2.14. The van der Waals surface area contributed by atoms with Gasteiger partial charge in [0.05, 0.1) is 7.11 Å². The zero-order valence-corrected chi connectivity index (χ0v) is 16.2. The Morgan fingerprint density at radius 1 is 1.11 bits per heavy atom. The van der Waals surface area contributed by atoms with Crippen LogP contribution in [0.1, 0.15) is 12.0 Å². The number of esters is 1. The Morgan fingerprint density at radius 2 is 1.85 bits per heavy atom. The summed E-state index contributed by atoms with van der Waals surface area (Å²) in [6.45, 7) is 0. The van der Waals surface area contributed by atoms with Crippen molar-refractivity contribution < 1.29 is 19.1 Å². The SMILES string of the molecule is COC(=O)[C@H](CCSC)NC(=O)/C=C/c1cccc(Oc2ccccc2)c1. The number of hydrogen-bond acceptors (Lipinski definition) is 5. The minimum Gasteiger partial charge on any atom is -0.467 e. The molecule has 27 heavy (non-hydrogen) atoms. The largest absolute Gasteiger partial charge is 0.467 e. The van der Waals surface area contributed by atoms with Gasteiger partial charge in [-0.2, -0.15) is 11.8 Å². The van der Waals surface area contributed by atoms with E-state index in [0.717, 1.165) is 17.1 Å². The highest BCUT2D eigenvalue weighted by Gasteiger charge is 2.19. The first kappa shape index (κ1) is 20.6. The molecule has 2 aromatic rings. The second-order valence-corrected chi connectivity index (χ2v) is 6.67. The van der Waals surface area contributed by atoms with Gasteiger partial charge < -0.3 is 14.8 Å². The first-order valence-electron chi connectivity index (χ1n) is 8.50. The Hall–Kier alpha value is -2.73. The maximum Gasteiger partial charge on any atom is 0.328 e. The highest BCUT2D eigenvalue weighted by Crippen LogP contribution is 2.22. The number of amides is 1. The number of ether oxygens (including phenoxy) is 2. The van der Waals surface area contributed by atoms with E-state index in [2.05, 4.69) is 5.32 Å². The number of nitrogens with one attached hydrogen (secondary N) is 1. The molecule has 0 aliphatic rings. The number of rotatable bonds is 9. The van der Waals surface area contributed by atoms with Crippen molar-refractivity contribution in [1.29, 1.82) is 0 Å². The molecule has 1 N–H and O–H groups in total. The summed E-state index contributed by atoms with van der Waals surface area (Å²) in [5.74, 6) is 1.38. The molecule has 0 fully saturated rings. The Morgan fingerprint density at radius 3 is 2.56 bits per heavy atom. The van der Waals surface area contributed by atoms with Gasteiger partial charge >= 0.3 is 5.97 Å². The molecule has 0 radical (unpaired) electrons. The zero-order chi connectivity index (χ0) is 19.5. The summed E-state index contributed by atoms with van der Waals surface area (Å²) >= 11 is 1.61. The lowest BCUT2D eigenvalue weighted by Crippen LogP contribution is -2.41. The average molecular weight is 385 g/mol. The number of carbonyl (C=O) groups excluding carboxylic acids is 2. The third kappa shape index (κ3) is 7.19. The highest BCUT2D eigenvalue weighted by molar-refractivity contribution is 7.98. The van der Waals surface area contributed by atoms with E-state index in [-0.39, 0.29) is 5.91 Å². The summed E-state index contributed by atoms with van der Waals surface area (Å²) in [6, 6.07) is 16.2. The van der Waals surface area contributed by atoms with Gasteiger partial charge in [0.2, 0.25) is 5.91 Å². The molecule has 6 heteroatoms. The molecular weight excluding hydrogens is 362 g/mol. The van der Waals surface area contributed by atoms with Gasteiger partial charge in [-0.3, -0.25) is 4.79 Å². The normalized spacial score (nSPS) is 11.8. The van der Waals surface area contributed by atoms with Crippen LogP contribution in [0.25, 0.3) is 6.08 Å². The number of para-hydroxylation sites is 1. The summed E-state index contributed by atoms with van der Waals surface area (Å²) in [6.07, 6.45) is 5.54. The summed E-state index contributed by atoms with van der Waals surface area (Å²) in [5, 5.41) is 2.68. The molecule has 0 bridgehead atoms. The highest BCUT2D eigenvalue weighted by atomic mass is 32.2. The van der Waals surface area contributed by atoms with Gasteiger partial charge in [-0.25, -0.2) is 4.79 Å². The fourth-order valence-electron chi connectivity index (χ4n) is 2.32. The molecule has 0 saturated carbocycles. The van der Waals surface area contributed by atoms with Crippen molar-refractivity contribution in [3.05, 3.63) is 66.2 Å². The molecule has 142 valence electrons. The van der Waals surface area contributed by atoms with Crippen LogP contribution >= 0.6 is 11.8 Å². The summed E-state index contributed by atoms with van der Waals surface area (Å²) in [4.78, 5) is 23.9. The van der Waals surface area contributed by atoms with Gasteiger partial charge in [-0.05, 0) is 54.3 Å². The lowest BCUT2D eigenvalue weighted by molar-refractivity contribution is -0.144. The summed E-state index contributed by atoms with van der Waals surface area (Å²) in [7, 11) is 1.31. The van der Waals surface area contributed by atoms with E-state index in [1.165, 1.54) is 13.2 Å². The zero-order valence-electron chi connectivity index (χ0n) is 15.4. The van der Waals surface area contributed by atoms with Crippen LogP contribution in [0, 0.1) is 0 Å². The van der Waals surface area contributed by atoms with Crippen molar-refractivity contribution in [3.8, 4) is 11.5 Å². The second-order valence-electron chi connectivity index (χ2n) is 5.69. The van der Waals surface area contributed by atoms with Crippen LogP contribution in [0.3, 0.4) is 0 Å². The fraction of sp³-hybridized carbons (Fsp3) is 0.238. The van der Waals surface area contributed by atoms with Crippen molar-refractivity contribution in [2.45, 2.75) is 12.5 Å². The maximum atomic E-state index is 12.1. The van der Waals surface area contributed by atoms with E-state index in [0.29, 0.717) is 12.2 Å². The van der Waals surface area contributed by atoms with E-state index in [1.807, 2.05) is 60.9 Å². The number of thioether (sulfide) groups is 1. The molecule has 5 nitrogen and oxygen atoms in total. The molecule has 0 aliphatic heterocycles. The predicted octanol–water partition coefficient (Wildman–Crippen LogP) is 3.90. The molecule has 1 atom stereocenters. The van der Waals surface area contributed by atoms with Gasteiger partial charge in [0, 0.05) is 6.08 Å². The van der Waals surface area contributed by atoms with Crippen LogP contribution in [0.5, 0.6) is 11.5 Å². The molecular formula is C21H23NO4S. The van der Waals surface area contributed by atoms with E-state index >= 15 is 0 Å². The number of methoxy groups -OCH3 is 1. The van der Waals surface area contributed by atoms with E-state index < -0.39 is 12.0 Å².